The molecule has 1 aromatic heterocycles. The second-order valence-corrected chi connectivity index (χ2v) is 4.13. The Morgan fingerprint density at radius 3 is 2.88 bits per heavy atom. The highest BCUT2D eigenvalue weighted by Gasteiger charge is 2.17. The van der Waals surface area contributed by atoms with Crippen LogP contribution in [0.1, 0.15) is 11.7 Å². The van der Waals surface area contributed by atoms with E-state index in [1.165, 1.54) is 0 Å². The second kappa shape index (κ2) is 4.69. The first-order valence-corrected chi connectivity index (χ1v) is 5.85. The van der Waals surface area contributed by atoms with Gasteiger partial charge >= 0.3 is 0 Å². The number of H-pyrrole nitrogens is 1. The zero-order valence-corrected chi connectivity index (χ0v) is 9.52. The molecule has 88 valence electrons. The van der Waals surface area contributed by atoms with Crippen LogP contribution < -0.4 is 5.32 Å². The Bertz CT molecular complexity index is 474. The molecule has 1 aliphatic rings. The smallest absolute Gasteiger partial charge is 0.137 e. The van der Waals surface area contributed by atoms with Crippen molar-refractivity contribution in [3.63, 3.8) is 0 Å². The van der Waals surface area contributed by atoms with Crippen molar-refractivity contribution in [3.8, 4) is 11.4 Å². The first kappa shape index (κ1) is 10.5. The zero-order valence-electron chi connectivity index (χ0n) is 9.52. The number of hydrogen-bond acceptors (Lipinski definition) is 3. The van der Waals surface area contributed by atoms with Gasteiger partial charge in [0.05, 0.1) is 31.1 Å². The molecular weight excluding hydrogens is 214 g/mol. The lowest BCUT2D eigenvalue weighted by atomic mass is 10.2. The van der Waals surface area contributed by atoms with Crippen LogP contribution in [0, 0.1) is 0 Å². The van der Waals surface area contributed by atoms with E-state index in [4.69, 9.17) is 4.74 Å². The van der Waals surface area contributed by atoms with Gasteiger partial charge in [0.25, 0.3) is 0 Å². The number of aromatic amines is 1. The highest BCUT2D eigenvalue weighted by atomic mass is 16.5. The van der Waals surface area contributed by atoms with E-state index in [0.717, 1.165) is 30.2 Å². The molecule has 0 bridgehead atoms. The number of ether oxygens (including phenoxy) is 1. The summed E-state index contributed by atoms with van der Waals surface area (Å²) in [4.78, 5) is 7.76. The molecule has 2 N–H and O–H groups in total. The van der Waals surface area contributed by atoms with Gasteiger partial charge in [0.1, 0.15) is 5.82 Å². The Balaban J connectivity index is 1.83. The number of benzene rings is 1. The fourth-order valence-electron chi connectivity index (χ4n) is 2.02. The quantitative estimate of drug-likeness (QED) is 0.824. The molecule has 0 radical (unpaired) electrons. The maximum absolute atomic E-state index is 5.44. The third-order valence-corrected chi connectivity index (χ3v) is 2.94. The van der Waals surface area contributed by atoms with Crippen LogP contribution in [0.15, 0.2) is 36.5 Å². The van der Waals surface area contributed by atoms with Crippen molar-refractivity contribution in [1.82, 2.24) is 15.3 Å². The first-order chi connectivity index (χ1) is 8.43. The number of imidazole rings is 1. The third kappa shape index (κ3) is 2.23. The largest absolute Gasteiger partial charge is 0.378 e. The van der Waals surface area contributed by atoms with E-state index in [2.05, 4.69) is 15.3 Å². The topological polar surface area (TPSA) is 49.9 Å². The molecule has 4 heteroatoms. The first-order valence-electron chi connectivity index (χ1n) is 5.85. The molecule has 0 saturated carbocycles. The molecule has 2 aromatic rings. The lowest BCUT2D eigenvalue weighted by Crippen LogP contribution is -2.34. The summed E-state index contributed by atoms with van der Waals surface area (Å²) in [6.07, 6.45) is 1.88. The molecule has 3 rings (SSSR count). The van der Waals surface area contributed by atoms with Crippen molar-refractivity contribution in [1.29, 1.82) is 0 Å². The van der Waals surface area contributed by atoms with Crippen LogP contribution in [-0.2, 0) is 4.74 Å². The molecular formula is C13H15N3O. The summed E-state index contributed by atoms with van der Waals surface area (Å²) < 4.78 is 5.44. The molecule has 2 heterocycles. The van der Waals surface area contributed by atoms with Gasteiger partial charge in [-0.25, -0.2) is 4.98 Å². The van der Waals surface area contributed by atoms with Gasteiger partial charge in [-0.3, -0.25) is 0 Å². The second-order valence-electron chi connectivity index (χ2n) is 4.13. The Hall–Kier alpha value is -1.65. The van der Waals surface area contributed by atoms with Crippen LogP contribution in [0.3, 0.4) is 0 Å². The summed E-state index contributed by atoms with van der Waals surface area (Å²) in [5, 5.41) is 3.40. The highest BCUT2D eigenvalue weighted by Crippen LogP contribution is 2.19. The van der Waals surface area contributed by atoms with Gasteiger partial charge in [-0.1, -0.05) is 30.3 Å². The van der Waals surface area contributed by atoms with Gasteiger partial charge < -0.3 is 15.0 Å². The zero-order chi connectivity index (χ0) is 11.5. The Kier molecular flexibility index (Phi) is 2.90. The van der Waals surface area contributed by atoms with Crippen molar-refractivity contribution in [3.05, 3.63) is 42.2 Å². The molecule has 1 aromatic carbocycles. The lowest BCUT2D eigenvalue weighted by molar-refractivity contribution is 0.0757. The minimum absolute atomic E-state index is 0.230. The average Bonchev–Trinajstić information content (AvgIpc) is 2.90. The number of hydrogen-bond donors (Lipinski definition) is 2. The molecule has 1 aliphatic heterocycles. The normalized spacial score (nSPS) is 20.4. The predicted octanol–water partition coefficient (Wildman–Crippen LogP) is 1.74. The Labute approximate surface area is 100 Å². The van der Waals surface area contributed by atoms with Crippen LogP contribution in [-0.4, -0.2) is 29.7 Å². The number of aromatic nitrogens is 2. The Morgan fingerprint density at radius 2 is 2.12 bits per heavy atom. The van der Waals surface area contributed by atoms with Gasteiger partial charge in [-0.2, -0.15) is 0 Å². The number of nitrogens with zero attached hydrogens (tertiary/aromatic N) is 1. The fourth-order valence-corrected chi connectivity index (χ4v) is 2.02. The summed E-state index contributed by atoms with van der Waals surface area (Å²) in [6, 6.07) is 10.4. The van der Waals surface area contributed by atoms with Crippen LogP contribution >= 0.6 is 0 Å². The molecule has 0 amide bonds. The van der Waals surface area contributed by atoms with Gasteiger partial charge in [0, 0.05) is 12.1 Å². The number of morpholine rings is 1. The van der Waals surface area contributed by atoms with Gasteiger partial charge in [0.15, 0.2) is 0 Å². The fraction of sp³-hybridized carbons (Fsp3) is 0.308. The molecule has 4 nitrogen and oxygen atoms in total. The molecule has 1 saturated heterocycles. The van der Waals surface area contributed by atoms with Gasteiger partial charge in [-0.05, 0) is 0 Å². The van der Waals surface area contributed by atoms with E-state index in [-0.39, 0.29) is 6.04 Å². The van der Waals surface area contributed by atoms with Crippen molar-refractivity contribution in [2.24, 2.45) is 0 Å². The molecule has 17 heavy (non-hydrogen) atoms. The van der Waals surface area contributed by atoms with Crippen molar-refractivity contribution in [2.45, 2.75) is 6.04 Å². The van der Waals surface area contributed by atoms with Crippen LogP contribution in [0.2, 0.25) is 0 Å². The van der Waals surface area contributed by atoms with Gasteiger partial charge in [0.2, 0.25) is 0 Å². The van der Waals surface area contributed by atoms with Gasteiger partial charge in [-0.15, -0.1) is 0 Å². The maximum Gasteiger partial charge on any atom is 0.137 e. The third-order valence-electron chi connectivity index (χ3n) is 2.94. The maximum atomic E-state index is 5.44. The minimum Gasteiger partial charge on any atom is -0.378 e. The van der Waals surface area contributed by atoms with Crippen LogP contribution in [0.5, 0.6) is 0 Å². The van der Waals surface area contributed by atoms with Crippen molar-refractivity contribution in [2.75, 3.05) is 19.8 Å². The average molecular weight is 229 g/mol. The molecule has 0 spiro atoms. The predicted molar refractivity (Wildman–Crippen MR) is 65.6 cm³/mol. The lowest BCUT2D eigenvalue weighted by Gasteiger charge is -2.22. The number of nitrogens with one attached hydrogen (secondary N) is 2. The van der Waals surface area contributed by atoms with E-state index in [9.17, 15) is 0 Å². The van der Waals surface area contributed by atoms with E-state index in [1.807, 2.05) is 36.5 Å². The minimum atomic E-state index is 0.230. The van der Waals surface area contributed by atoms with Crippen molar-refractivity contribution < 1.29 is 4.74 Å². The summed E-state index contributed by atoms with van der Waals surface area (Å²) in [5.74, 6) is 0.910. The molecule has 1 unspecified atom stereocenters. The number of rotatable bonds is 2. The van der Waals surface area contributed by atoms with Crippen LogP contribution in [0.25, 0.3) is 11.4 Å². The van der Waals surface area contributed by atoms with E-state index < -0.39 is 0 Å². The Morgan fingerprint density at radius 1 is 1.24 bits per heavy atom. The SMILES string of the molecule is c1ccc(-c2ncc(C3COCCN3)[nH]2)cc1. The summed E-state index contributed by atoms with van der Waals surface area (Å²) >= 11 is 0. The standard InChI is InChI=1S/C13H15N3O/c1-2-4-10(5-3-1)13-15-8-11(16-13)12-9-17-7-6-14-12/h1-5,8,12,14H,6-7,9H2,(H,15,16). The molecule has 0 aliphatic carbocycles. The highest BCUT2D eigenvalue weighted by molar-refractivity contribution is 5.54. The summed E-state index contributed by atoms with van der Waals surface area (Å²) in [6.45, 7) is 2.39. The summed E-state index contributed by atoms with van der Waals surface area (Å²) in [5.41, 5.74) is 2.19. The molecule has 1 atom stereocenters. The molecule has 1 fully saturated rings. The summed E-state index contributed by atoms with van der Waals surface area (Å²) in [7, 11) is 0. The van der Waals surface area contributed by atoms with Crippen LogP contribution in [0.4, 0.5) is 0 Å². The monoisotopic (exact) mass is 229 g/mol. The van der Waals surface area contributed by atoms with E-state index in [0.29, 0.717) is 6.61 Å². The van der Waals surface area contributed by atoms with Crippen molar-refractivity contribution >= 4 is 0 Å². The van der Waals surface area contributed by atoms with E-state index >= 15 is 0 Å². The van der Waals surface area contributed by atoms with E-state index in [1.54, 1.807) is 0 Å².